The van der Waals surface area contributed by atoms with E-state index in [1.807, 2.05) is 12.1 Å². The van der Waals surface area contributed by atoms with Gasteiger partial charge in [-0.15, -0.1) is 12.4 Å². The van der Waals surface area contributed by atoms with E-state index in [2.05, 4.69) is 59.3 Å². The van der Waals surface area contributed by atoms with Crippen LogP contribution in [-0.2, 0) is 0 Å². The first-order valence-corrected chi connectivity index (χ1v) is 8.35. The molecule has 1 unspecified atom stereocenters. The van der Waals surface area contributed by atoms with Crippen molar-refractivity contribution >= 4 is 24.0 Å². The van der Waals surface area contributed by atoms with Gasteiger partial charge < -0.3 is 4.90 Å². The molecule has 0 spiro atoms. The number of nitrogens with zero attached hydrogens (tertiary/aromatic N) is 2. The van der Waals surface area contributed by atoms with Gasteiger partial charge in [0.2, 0.25) is 0 Å². The Labute approximate surface area is 150 Å². The molecular formula is C19H24Cl2N2. The van der Waals surface area contributed by atoms with E-state index in [0.717, 1.165) is 24.7 Å². The maximum absolute atomic E-state index is 6.07. The van der Waals surface area contributed by atoms with E-state index in [4.69, 9.17) is 11.6 Å². The van der Waals surface area contributed by atoms with Crippen molar-refractivity contribution in [3.63, 3.8) is 0 Å². The summed E-state index contributed by atoms with van der Waals surface area (Å²) in [6.07, 6.45) is 1.22. The smallest absolute Gasteiger partial charge is 0.0602 e. The molecule has 0 amide bonds. The van der Waals surface area contributed by atoms with Crippen molar-refractivity contribution in [2.24, 2.45) is 0 Å². The summed E-state index contributed by atoms with van der Waals surface area (Å²) in [4.78, 5) is 5.02. The number of likely N-dealkylation sites (N-methyl/N-ethyl adjacent to an activating group) is 1. The minimum Gasteiger partial charge on any atom is -0.305 e. The Morgan fingerprint density at radius 3 is 2.17 bits per heavy atom. The van der Waals surface area contributed by atoms with Crippen LogP contribution in [-0.4, -0.2) is 43.0 Å². The van der Waals surface area contributed by atoms with Gasteiger partial charge in [-0.25, -0.2) is 0 Å². The molecule has 1 aliphatic rings. The summed E-state index contributed by atoms with van der Waals surface area (Å²) in [7, 11) is 2.21. The first-order chi connectivity index (χ1) is 10.7. The molecule has 0 N–H and O–H groups in total. The molecule has 2 aromatic rings. The molecule has 0 bridgehead atoms. The predicted octanol–water partition coefficient (Wildman–Crippen LogP) is 4.49. The van der Waals surface area contributed by atoms with Crippen molar-refractivity contribution in [2.75, 3.05) is 33.2 Å². The minimum absolute atomic E-state index is 0. The van der Waals surface area contributed by atoms with Gasteiger partial charge in [-0.1, -0.05) is 54.1 Å². The lowest BCUT2D eigenvalue weighted by Gasteiger charge is -2.31. The Bertz CT molecular complexity index is 586. The third-order valence-electron chi connectivity index (χ3n) is 4.42. The number of benzene rings is 2. The Hall–Kier alpha value is -1.06. The average Bonchev–Trinajstić information content (AvgIpc) is 2.76. The van der Waals surface area contributed by atoms with Crippen LogP contribution in [0.2, 0.25) is 5.02 Å². The monoisotopic (exact) mass is 350 g/mol. The molecule has 23 heavy (non-hydrogen) atoms. The zero-order valence-electron chi connectivity index (χ0n) is 13.5. The fourth-order valence-electron chi connectivity index (χ4n) is 3.22. The summed E-state index contributed by atoms with van der Waals surface area (Å²) in [6, 6.07) is 19.4. The number of halogens is 2. The highest BCUT2D eigenvalue weighted by Gasteiger charge is 2.23. The van der Waals surface area contributed by atoms with Crippen molar-refractivity contribution in [2.45, 2.75) is 12.5 Å². The van der Waals surface area contributed by atoms with E-state index in [-0.39, 0.29) is 12.4 Å². The van der Waals surface area contributed by atoms with E-state index in [0.29, 0.717) is 6.04 Å². The van der Waals surface area contributed by atoms with Gasteiger partial charge >= 0.3 is 0 Å². The van der Waals surface area contributed by atoms with Crippen molar-refractivity contribution in [3.05, 3.63) is 70.7 Å². The van der Waals surface area contributed by atoms with Crippen molar-refractivity contribution < 1.29 is 0 Å². The Balaban J connectivity index is 0.00000192. The lowest BCUT2D eigenvalue weighted by Crippen LogP contribution is -2.33. The van der Waals surface area contributed by atoms with Crippen LogP contribution in [0.1, 0.15) is 23.6 Å². The van der Waals surface area contributed by atoms with Gasteiger partial charge in [0.05, 0.1) is 6.04 Å². The molecule has 1 heterocycles. The lowest BCUT2D eigenvalue weighted by atomic mass is 9.97. The maximum Gasteiger partial charge on any atom is 0.0602 e. The largest absolute Gasteiger partial charge is 0.305 e. The molecule has 124 valence electrons. The summed E-state index contributed by atoms with van der Waals surface area (Å²) in [6.45, 7) is 4.53. The average molecular weight is 351 g/mol. The van der Waals surface area contributed by atoms with E-state index < -0.39 is 0 Å². The molecule has 0 saturated carbocycles. The highest BCUT2D eigenvalue weighted by atomic mass is 35.5. The standard InChI is InChI=1S/C19H23ClN2.ClH/c1-21-12-5-13-22(15-14-21)19(16-6-3-2-4-7-16)17-8-10-18(20)11-9-17;/h2-4,6-11,19H,5,12-15H2,1H3;1H. The van der Waals surface area contributed by atoms with Crippen molar-refractivity contribution in [1.82, 2.24) is 9.80 Å². The molecule has 1 saturated heterocycles. The molecule has 2 nitrogen and oxygen atoms in total. The summed E-state index contributed by atoms with van der Waals surface area (Å²) in [5.74, 6) is 0. The van der Waals surface area contributed by atoms with Gasteiger partial charge in [-0.05, 0) is 43.3 Å². The first-order valence-electron chi connectivity index (χ1n) is 7.97. The third kappa shape index (κ3) is 4.71. The van der Waals surface area contributed by atoms with Gasteiger partial charge in [-0.2, -0.15) is 0 Å². The second-order valence-electron chi connectivity index (χ2n) is 6.06. The Morgan fingerprint density at radius 2 is 1.48 bits per heavy atom. The summed E-state index contributed by atoms with van der Waals surface area (Å²) >= 11 is 6.07. The van der Waals surface area contributed by atoms with Crippen LogP contribution in [0, 0.1) is 0 Å². The highest BCUT2D eigenvalue weighted by molar-refractivity contribution is 6.30. The van der Waals surface area contributed by atoms with Gasteiger partial charge in [0.1, 0.15) is 0 Å². The lowest BCUT2D eigenvalue weighted by molar-refractivity contribution is 0.231. The quantitative estimate of drug-likeness (QED) is 0.804. The summed E-state index contributed by atoms with van der Waals surface area (Å²) in [5.41, 5.74) is 2.68. The molecule has 0 aromatic heterocycles. The predicted molar refractivity (Wildman–Crippen MR) is 101 cm³/mol. The summed E-state index contributed by atoms with van der Waals surface area (Å²) < 4.78 is 0. The zero-order chi connectivity index (χ0) is 15.4. The molecule has 0 radical (unpaired) electrons. The number of hydrogen-bond acceptors (Lipinski definition) is 2. The fourth-order valence-corrected chi connectivity index (χ4v) is 3.35. The second-order valence-corrected chi connectivity index (χ2v) is 6.49. The maximum atomic E-state index is 6.07. The van der Waals surface area contributed by atoms with Crippen molar-refractivity contribution in [3.8, 4) is 0 Å². The Morgan fingerprint density at radius 1 is 0.826 bits per heavy atom. The molecule has 2 aromatic carbocycles. The van der Waals surface area contributed by atoms with E-state index in [1.54, 1.807) is 0 Å². The Kier molecular flexibility index (Phi) is 6.91. The van der Waals surface area contributed by atoms with Crippen LogP contribution in [0.15, 0.2) is 54.6 Å². The first kappa shape index (κ1) is 18.3. The number of rotatable bonds is 3. The summed E-state index contributed by atoms with van der Waals surface area (Å²) in [5, 5.41) is 0.797. The molecule has 1 aliphatic heterocycles. The fraction of sp³-hybridized carbons (Fsp3) is 0.368. The van der Waals surface area contributed by atoms with Crippen LogP contribution in [0.3, 0.4) is 0 Å². The molecule has 4 heteroatoms. The van der Waals surface area contributed by atoms with Gasteiger partial charge in [0.25, 0.3) is 0 Å². The van der Waals surface area contributed by atoms with Crippen LogP contribution >= 0.6 is 24.0 Å². The molecule has 1 atom stereocenters. The molecule has 0 aliphatic carbocycles. The van der Waals surface area contributed by atoms with Crippen LogP contribution < -0.4 is 0 Å². The normalized spacial score (nSPS) is 18.0. The SMILES string of the molecule is CN1CCCN(C(c2ccccc2)c2ccc(Cl)cc2)CC1.Cl. The molecular weight excluding hydrogens is 327 g/mol. The zero-order valence-corrected chi connectivity index (χ0v) is 15.1. The van der Waals surface area contributed by atoms with Crippen LogP contribution in [0.5, 0.6) is 0 Å². The number of hydrogen-bond donors (Lipinski definition) is 0. The van der Waals surface area contributed by atoms with Gasteiger partial charge in [0, 0.05) is 24.7 Å². The minimum atomic E-state index is 0. The van der Waals surface area contributed by atoms with Crippen LogP contribution in [0.4, 0.5) is 0 Å². The molecule has 1 fully saturated rings. The highest BCUT2D eigenvalue weighted by Crippen LogP contribution is 2.30. The van der Waals surface area contributed by atoms with Crippen LogP contribution in [0.25, 0.3) is 0 Å². The van der Waals surface area contributed by atoms with E-state index in [1.165, 1.54) is 24.1 Å². The topological polar surface area (TPSA) is 6.48 Å². The second kappa shape index (κ2) is 8.70. The van der Waals surface area contributed by atoms with Gasteiger partial charge in [-0.3, -0.25) is 4.90 Å². The third-order valence-corrected chi connectivity index (χ3v) is 4.67. The molecule has 3 rings (SSSR count). The van der Waals surface area contributed by atoms with E-state index in [9.17, 15) is 0 Å². The van der Waals surface area contributed by atoms with Gasteiger partial charge in [0.15, 0.2) is 0 Å². The van der Waals surface area contributed by atoms with E-state index >= 15 is 0 Å². The van der Waals surface area contributed by atoms with Crippen molar-refractivity contribution in [1.29, 1.82) is 0 Å².